The van der Waals surface area contributed by atoms with Crippen molar-refractivity contribution >= 4 is 56.0 Å². The number of carbonyl (C=O) groups excluding carboxylic acids is 1. The van der Waals surface area contributed by atoms with Crippen LogP contribution >= 0.6 is 34.7 Å². The molecule has 0 aliphatic carbocycles. The van der Waals surface area contributed by atoms with E-state index in [9.17, 15) is 9.18 Å². The van der Waals surface area contributed by atoms with Gasteiger partial charge in [0, 0.05) is 23.6 Å². The van der Waals surface area contributed by atoms with Crippen LogP contribution < -0.4 is 4.90 Å². The number of rotatable bonds is 9. The summed E-state index contributed by atoms with van der Waals surface area (Å²) in [6.07, 6.45) is 1.24. The van der Waals surface area contributed by atoms with E-state index in [4.69, 9.17) is 11.6 Å². The van der Waals surface area contributed by atoms with E-state index in [0.29, 0.717) is 28.9 Å². The van der Waals surface area contributed by atoms with Gasteiger partial charge >= 0.3 is 0 Å². The molecule has 0 fully saturated rings. The Hall–Kier alpha value is -1.67. The molecule has 0 radical (unpaired) electrons. The van der Waals surface area contributed by atoms with Gasteiger partial charge in [0.2, 0.25) is 5.91 Å². The van der Waals surface area contributed by atoms with Gasteiger partial charge in [0.1, 0.15) is 11.3 Å². The number of halogens is 2. The van der Waals surface area contributed by atoms with Gasteiger partial charge in [-0.05, 0) is 63.5 Å². The number of nitrogens with zero attached hydrogens (tertiary/aromatic N) is 3. The van der Waals surface area contributed by atoms with Crippen LogP contribution in [0.4, 0.5) is 9.52 Å². The molecule has 29 heavy (non-hydrogen) atoms. The zero-order chi connectivity index (χ0) is 20.8. The summed E-state index contributed by atoms with van der Waals surface area (Å²) in [5.74, 6) is 0.404. The number of benzene rings is 2. The maximum Gasteiger partial charge on any atom is 0.229 e. The molecule has 0 saturated heterocycles. The van der Waals surface area contributed by atoms with Crippen molar-refractivity contribution < 1.29 is 9.18 Å². The number of thiazole rings is 1. The molecule has 154 valence electrons. The molecule has 0 aliphatic heterocycles. The number of hydrogen-bond acceptors (Lipinski definition) is 5. The number of thioether (sulfide) groups is 1. The van der Waals surface area contributed by atoms with Gasteiger partial charge in [0.25, 0.3) is 0 Å². The number of para-hydroxylation sites is 1. The highest BCUT2D eigenvalue weighted by Gasteiger charge is 2.20. The first-order valence-corrected chi connectivity index (χ1v) is 11.5. The first-order valence-electron chi connectivity index (χ1n) is 9.32. The van der Waals surface area contributed by atoms with Gasteiger partial charge in [-0.1, -0.05) is 29.0 Å². The topological polar surface area (TPSA) is 36.4 Å². The lowest BCUT2D eigenvalue weighted by Crippen LogP contribution is -2.33. The van der Waals surface area contributed by atoms with Crippen LogP contribution in [0.15, 0.2) is 47.4 Å². The van der Waals surface area contributed by atoms with Gasteiger partial charge in [-0.3, -0.25) is 9.69 Å². The van der Waals surface area contributed by atoms with E-state index in [1.54, 1.807) is 28.8 Å². The molecular formula is C21H23ClFN3OS2. The van der Waals surface area contributed by atoms with Crippen LogP contribution in [0, 0.1) is 5.82 Å². The fourth-order valence-corrected chi connectivity index (χ4v) is 4.96. The van der Waals surface area contributed by atoms with Gasteiger partial charge in [-0.25, -0.2) is 9.37 Å². The number of hydrogen-bond donors (Lipinski definition) is 0. The molecule has 0 unspecified atom stereocenters. The second kappa shape index (κ2) is 10.4. The molecule has 2 aromatic carbocycles. The van der Waals surface area contributed by atoms with Crippen LogP contribution in [0.3, 0.4) is 0 Å². The predicted molar refractivity (Wildman–Crippen MR) is 122 cm³/mol. The van der Waals surface area contributed by atoms with Crippen molar-refractivity contribution in [3.63, 3.8) is 0 Å². The largest absolute Gasteiger partial charge is 0.309 e. The van der Waals surface area contributed by atoms with Crippen molar-refractivity contribution in [1.29, 1.82) is 0 Å². The molecule has 1 amide bonds. The molecule has 1 heterocycles. The molecule has 0 N–H and O–H groups in total. The van der Waals surface area contributed by atoms with Crippen molar-refractivity contribution in [2.24, 2.45) is 0 Å². The molecule has 3 rings (SSSR count). The zero-order valence-electron chi connectivity index (χ0n) is 16.4. The number of anilines is 1. The summed E-state index contributed by atoms with van der Waals surface area (Å²) < 4.78 is 14.0. The second-order valence-corrected chi connectivity index (χ2v) is 9.42. The Kier molecular flexibility index (Phi) is 7.89. The molecule has 0 spiro atoms. The normalized spacial score (nSPS) is 11.3. The fourth-order valence-electron chi connectivity index (χ4n) is 2.81. The van der Waals surface area contributed by atoms with Crippen LogP contribution in [-0.2, 0) is 4.79 Å². The molecule has 3 aromatic rings. The average molecular weight is 452 g/mol. The Morgan fingerprint density at radius 2 is 1.93 bits per heavy atom. The summed E-state index contributed by atoms with van der Waals surface area (Å²) in [6.45, 7) is 1.50. The Labute approximate surface area is 183 Å². The molecule has 0 saturated carbocycles. The highest BCUT2D eigenvalue weighted by molar-refractivity contribution is 7.99. The Balaban J connectivity index is 1.70. The van der Waals surface area contributed by atoms with Gasteiger partial charge in [-0.15, -0.1) is 11.8 Å². The Morgan fingerprint density at radius 3 is 2.62 bits per heavy atom. The zero-order valence-corrected chi connectivity index (χ0v) is 18.8. The van der Waals surface area contributed by atoms with Crippen molar-refractivity contribution in [1.82, 2.24) is 9.88 Å². The first kappa shape index (κ1) is 22.0. The molecule has 0 bridgehead atoms. The summed E-state index contributed by atoms with van der Waals surface area (Å²) in [5, 5.41) is 1.28. The third-order valence-corrected chi connectivity index (χ3v) is 6.64. The van der Waals surface area contributed by atoms with E-state index in [1.807, 2.05) is 32.3 Å². The third kappa shape index (κ3) is 6.15. The lowest BCUT2D eigenvalue weighted by molar-refractivity contribution is -0.118. The van der Waals surface area contributed by atoms with Crippen molar-refractivity contribution in [3.8, 4) is 0 Å². The SMILES string of the molecule is CN(C)CCCN(C(=O)CCSc1ccc(F)cc1)c1nc2c(Cl)cccc2s1. The first-order chi connectivity index (χ1) is 13.9. The average Bonchev–Trinajstić information content (AvgIpc) is 3.12. The van der Waals surface area contributed by atoms with E-state index in [-0.39, 0.29) is 11.7 Å². The number of fused-ring (bicyclic) bond motifs is 1. The van der Waals surface area contributed by atoms with Crippen LogP contribution in [0.5, 0.6) is 0 Å². The van der Waals surface area contributed by atoms with E-state index < -0.39 is 0 Å². The Morgan fingerprint density at radius 1 is 1.17 bits per heavy atom. The fraction of sp³-hybridized carbons (Fsp3) is 0.333. The quantitative estimate of drug-likeness (QED) is 0.399. The highest BCUT2D eigenvalue weighted by Crippen LogP contribution is 2.33. The Bertz CT molecular complexity index is 962. The van der Waals surface area contributed by atoms with Crippen molar-refractivity contribution in [2.75, 3.05) is 37.8 Å². The minimum absolute atomic E-state index is 0.0357. The van der Waals surface area contributed by atoms with Crippen LogP contribution in [0.1, 0.15) is 12.8 Å². The van der Waals surface area contributed by atoms with E-state index in [2.05, 4.69) is 9.88 Å². The standard InChI is InChI=1S/C21H23ClFN3OS2/c1-25(2)12-4-13-26(21-24-20-17(22)5-3-6-18(20)29-21)19(27)11-14-28-16-9-7-15(23)8-10-16/h3,5-10H,4,11-14H2,1-2H3. The molecule has 0 atom stereocenters. The summed E-state index contributed by atoms with van der Waals surface area (Å²) in [4.78, 5) is 22.5. The molecule has 8 heteroatoms. The minimum Gasteiger partial charge on any atom is -0.309 e. The van der Waals surface area contributed by atoms with Crippen molar-refractivity contribution in [2.45, 2.75) is 17.7 Å². The van der Waals surface area contributed by atoms with Gasteiger partial charge in [-0.2, -0.15) is 0 Å². The number of amides is 1. The smallest absolute Gasteiger partial charge is 0.229 e. The minimum atomic E-state index is -0.257. The number of aromatic nitrogens is 1. The summed E-state index contributed by atoms with van der Waals surface area (Å²) in [6, 6.07) is 12.0. The summed E-state index contributed by atoms with van der Waals surface area (Å²) in [5.41, 5.74) is 0.736. The van der Waals surface area contributed by atoms with Crippen LogP contribution in [-0.4, -0.2) is 48.7 Å². The maximum absolute atomic E-state index is 13.0. The molecule has 1 aromatic heterocycles. The lowest BCUT2D eigenvalue weighted by Gasteiger charge is -2.21. The van der Waals surface area contributed by atoms with Gasteiger partial charge in [0.15, 0.2) is 5.13 Å². The molecular weight excluding hydrogens is 429 g/mol. The second-order valence-electron chi connectivity index (χ2n) is 6.84. The van der Waals surface area contributed by atoms with Crippen LogP contribution in [0.2, 0.25) is 5.02 Å². The monoisotopic (exact) mass is 451 g/mol. The van der Waals surface area contributed by atoms with E-state index in [0.717, 1.165) is 28.1 Å². The summed E-state index contributed by atoms with van der Waals surface area (Å²) in [7, 11) is 4.03. The predicted octanol–water partition coefficient (Wildman–Crippen LogP) is 5.56. The van der Waals surface area contributed by atoms with Crippen molar-refractivity contribution in [3.05, 3.63) is 53.3 Å². The maximum atomic E-state index is 13.0. The molecule has 0 aliphatic rings. The van der Waals surface area contributed by atoms with Gasteiger partial charge in [0.05, 0.1) is 9.72 Å². The molecule has 4 nitrogen and oxygen atoms in total. The summed E-state index contributed by atoms with van der Waals surface area (Å²) >= 11 is 9.30. The van der Waals surface area contributed by atoms with Crippen LogP contribution in [0.25, 0.3) is 10.2 Å². The van der Waals surface area contributed by atoms with Gasteiger partial charge < -0.3 is 4.90 Å². The number of carbonyl (C=O) groups is 1. The lowest BCUT2D eigenvalue weighted by atomic mass is 10.3. The van der Waals surface area contributed by atoms with E-state index >= 15 is 0 Å². The third-order valence-electron chi connectivity index (χ3n) is 4.28. The highest BCUT2D eigenvalue weighted by atomic mass is 35.5. The van der Waals surface area contributed by atoms with E-state index in [1.165, 1.54) is 23.5 Å².